The maximum Gasteiger partial charge on any atom is 0.233 e. The molecule has 28 heavy (non-hydrogen) atoms. The maximum atomic E-state index is 13.0. The van der Waals surface area contributed by atoms with Gasteiger partial charge in [-0.1, -0.05) is 54.5 Å². The van der Waals surface area contributed by atoms with Gasteiger partial charge in [0.05, 0.1) is 5.75 Å². The number of nitrogens with zero attached hydrogens (tertiary/aromatic N) is 3. The summed E-state index contributed by atoms with van der Waals surface area (Å²) in [5, 5.41) is 12.2. The van der Waals surface area contributed by atoms with Gasteiger partial charge in [-0.3, -0.25) is 4.79 Å². The quantitative estimate of drug-likeness (QED) is 0.610. The highest BCUT2D eigenvalue weighted by Gasteiger charge is 2.27. The number of rotatable bonds is 8. The van der Waals surface area contributed by atoms with Crippen LogP contribution in [0, 0.1) is 5.82 Å². The number of halogens is 1. The number of thioether (sulfide) groups is 1. The van der Waals surface area contributed by atoms with Gasteiger partial charge in [0.1, 0.15) is 5.82 Å². The van der Waals surface area contributed by atoms with E-state index in [1.54, 1.807) is 12.1 Å². The number of benzene rings is 1. The highest BCUT2D eigenvalue weighted by Crippen LogP contribution is 2.28. The molecule has 1 amide bonds. The predicted octanol–water partition coefficient (Wildman–Crippen LogP) is 4.95. The van der Waals surface area contributed by atoms with Gasteiger partial charge in [0, 0.05) is 18.6 Å². The lowest BCUT2D eigenvalue weighted by Gasteiger charge is -2.37. The second-order valence-electron chi connectivity index (χ2n) is 7.33. The van der Waals surface area contributed by atoms with Gasteiger partial charge in [-0.15, -0.1) is 10.2 Å². The first-order chi connectivity index (χ1) is 13.5. The van der Waals surface area contributed by atoms with Crippen LogP contribution >= 0.6 is 23.1 Å². The molecule has 1 aromatic heterocycles. The molecule has 0 spiro atoms. The molecule has 0 saturated heterocycles. The minimum atomic E-state index is -0.244. The number of hydrogen-bond acceptors (Lipinski definition) is 6. The molecule has 152 valence electrons. The first-order valence-corrected chi connectivity index (χ1v) is 11.6. The zero-order valence-electron chi connectivity index (χ0n) is 16.4. The van der Waals surface area contributed by atoms with Crippen molar-refractivity contribution in [3.8, 4) is 0 Å². The molecule has 0 radical (unpaired) electrons. The van der Waals surface area contributed by atoms with Crippen LogP contribution in [0.1, 0.15) is 51.5 Å². The monoisotopic (exact) mass is 422 g/mol. The van der Waals surface area contributed by atoms with Gasteiger partial charge in [-0.2, -0.15) is 0 Å². The van der Waals surface area contributed by atoms with Gasteiger partial charge < -0.3 is 10.2 Å². The van der Waals surface area contributed by atoms with Crippen molar-refractivity contribution in [2.45, 2.75) is 68.9 Å². The van der Waals surface area contributed by atoms with E-state index in [0.29, 0.717) is 23.5 Å². The summed E-state index contributed by atoms with van der Waals surface area (Å²) in [4.78, 5) is 14.9. The molecule has 8 heteroatoms. The Bertz CT molecular complexity index is 760. The first kappa shape index (κ1) is 21.0. The Balaban J connectivity index is 1.49. The molecule has 1 aliphatic rings. The summed E-state index contributed by atoms with van der Waals surface area (Å²) in [5.41, 5.74) is 0.973. The van der Waals surface area contributed by atoms with Crippen LogP contribution in [0.3, 0.4) is 0 Å². The number of carbonyl (C=O) groups is 1. The van der Waals surface area contributed by atoms with Crippen molar-refractivity contribution in [2.24, 2.45) is 0 Å². The second kappa shape index (κ2) is 10.2. The number of carbonyl (C=O) groups excluding carboxylic acids is 1. The molecule has 0 atom stereocenters. The van der Waals surface area contributed by atoms with Crippen LogP contribution in [0.2, 0.25) is 0 Å². The molecule has 1 aromatic carbocycles. The molecular formula is C20H27FN4OS2. The summed E-state index contributed by atoms with van der Waals surface area (Å²) < 4.78 is 13.7. The third-order valence-corrected chi connectivity index (χ3v) is 6.89. The maximum absolute atomic E-state index is 13.0. The average Bonchev–Trinajstić information content (AvgIpc) is 3.14. The van der Waals surface area contributed by atoms with Crippen molar-refractivity contribution in [3.63, 3.8) is 0 Å². The van der Waals surface area contributed by atoms with Crippen molar-refractivity contribution < 1.29 is 9.18 Å². The van der Waals surface area contributed by atoms with E-state index in [1.807, 2.05) is 0 Å². The Hall–Kier alpha value is -1.67. The van der Waals surface area contributed by atoms with E-state index in [0.717, 1.165) is 22.7 Å². The van der Waals surface area contributed by atoms with Gasteiger partial charge in [0.15, 0.2) is 4.34 Å². The van der Waals surface area contributed by atoms with Crippen molar-refractivity contribution in [3.05, 3.63) is 35.6 Å². The van der Waals surface area contributed by atoms with E-state index in [1.165, 1.54) is 54.5 Å². The first-order valence-electron chi connectivity index (χ1n) is 9.78. The van der Waals surface area contributed by atoms with E-state index in [4.69, 9.17) is 0 Å². The van der Waals surface area contributed by atoms with Crippen LogP contribution in [0.4, 0.5) is 9.52 Å². The number of hydrogen-bond donors (Lipinski definition) is 1. The van der Waals surface area contributed by atoms with E-state index in [2.05, 4.69) is 34.3 Å². The van der Waals surface area contributed by atoms with E-state index >= 15 is 0 Å². The lowest BCUT2D eigenvalue weighted by molar-refractivity contribution is -0.133. The predicted molar refractivity (Wildman–Crippen MR) is 113 cm³/mol. The molecule has 1 fully saturated rings. The number of amides is 1. The molecule has 5 nitrogen and oxygen atoms in total. The zero-order chi connectivity index (χ0) is 19.9. The van der Waals surface area contributed by atoms with Crippen molar-refractivity contribution in [2.75, 3.05) is 11.1 Å². The summed E-state index contributed by atoms with van der Waals surface area (Å²) in [6, 6.07) is 6.96. The average molecular weight is 423 g/mol. The summed E-state index contributed by atoms with van der Waals surface area (Å²) in [6.07, 6.45) is 5.95. The molecule has 1 aliphatic carbocycles. The highest BCUT2D eigenvalue weighted by atomic mass is 32.2. The van der Waals surface area contributed by atoms with Gasteiger partial charge >= 0.3 is 0 Å². The SMILES string of the molecule is CC(C)N(C(=O)CSc1nnc(NCc2ccc(F)cc2)s1)C1CCCCC1. The number of nitrogens with one attached hydrogen (secondary N) is 1. The Morgan fingerprint density at radius 3 is 2.64 bits per heavy atom. The van der Waals surface area contributed by atoms with E-state index in [-0.39, 0.29) is 17.8 Å². The van der Waals surface area contributed by atoms with Gasteiger partial charge in [0.25, 0.3) is 0 Å². The normalized spacial score (nSPS) is 15.0. The van der Waals surface area contributed by atoms with Crippen LogP contribution in [-0.4, -0.2) is 38.8 Å². The van der Waals surface area contributed by atoms with Crippen molar-refractivity contribution in [1.82, 2.24) is 15.1 Å². The molecule has 0 aliphatic heterocycles. The topological polar surface area (TPSA) is 58.1 Å². The lowest BCUT2D eigenvalue weighted by atomic mass is 9.93. The molecule has 1 heterocycles. The standard InChI is InChI=1S/C20H27FN4OS2/c1-14(2)25(17-6-4-3-5-7-17)18(26)13-27-20-24-23-19(28-20)22-12-15-8-10-16(21)11-9-15/h8-11,14,17H,3-7,12-13H2,1-2H3,(H,22,23). The van der Waals surface area contributed by atoms with E-state index < -0.39 is 0 Å². The second-order valence-corrected chi connectivity index (χ2v) is 9.53. The molecule has 1 saturated carbocycles. The van der Waals surface area contributed by atoms with Crippen LogP contribution < -0.4 is 5.32 Å². The van der Waals surface area contributed by atoms with Crippen LogP contribution in [0.5, 0.6) is 0 Å². The van der Waals surface area contributed by atoms with Gasteiger partial charge in [-0.05, 0) is 44.4 Å². The molecule has 3 rings (SSSR count). The molecule has 1 N–H and O–H groups in total. The van der Waals surface area contributed by atoms with Crippen molar-refractivity contribution >= 4 is 34.1 Å². The minimum Gasteiger partial charge on any atom is -0.356 e. The largest absolute Gasteiger partial charge is 0.356 e. The van der Waals surface area contributed by atoms with Gasteiger partial charge in [0.2, 0.25) is 11.0 Å². The molecule has 0 bridgehead atoms. The van der Waals surface area contributed by atoms with Gasteiger partial charge in [-0.25, -0.2) is 4.39 Å². The Kier molecular flexibility index (Phi) is 7.67. The molecule has 2 aromatic rings. The Labute approximate surface area is 174 Å². The highest BCUT2D eigenvalue weighted by molar-refractivity contribution is 8.01. The third kappa shape index (κ3) is 5.91. The lowest BCUT2D eigenvalue weighted by Crippen LogP contribution is -2.46. The number of anilines is 1. The fraction of sp³-hybridized carbons (Fsp3) is 0.550. The summed E-state index contributed by atoms with van der Waals surface area (Å²) in [7, 11) is 0. The fourth-order valence-electron chi connectivity index (χ4n) is 3.59. The molecule has 0 unspecified atom stereocenters. The minimum absolute atomic E-state index is 0.183. The zero-order valence-corrected chi connectivity index (χ0v) is 18.0. The van der Waals surface area contributed by atoms with Crippen LogP contribution in [0.15, 0.2) is 28.6 Å². The summed E-state index contributed by atoms with van der Waals surface area (Å²) >= 11 is 2.88. The third-order valence-electron chi connectivity index (χ3n) is 4.89. The van der Waals surface area contributed by atoms with Crippen LogP contribution in [0.25, 0.3) is 0 Å². The molecular weight excluding hydrogens is 395 g/mol. The van der Waals surface area contributed by atoms with Crippen LogP contribution in [-0.2, 0) is 11.3 Å². The van der Waals surface area contributed by atoms with Crippen molar-refractivity contribution in [1.29, 1.82) is 0 Å². The van der Waals surface area contributed by atoms with E-state index in [9.17, 15) is 9.18 Å². The fourth-order valence-corrected chi connectivity index (χ4v) is 5.21. The Morgan fingerprint density at radius 2 is 1.96 bits per heavy atom. The summed E-state index contributed by atoms with van der Waals surface area (Å²) in [5.74, 6) is 0.330. The number of aromatic nitrogens is 2. The smallest absolute Gasteiger partial charge is 0.233 e. The summed E-state index contributed by atoms with van der Waals surface area (Å²) in [6.45, 7) is 4.75. The Morgan fingerprint density at radius 1 is 1.25 bits per heavy atom.